The van der Waals surface area contributed by atoms with Gasteiger partial charge in [0.1, 0.15) is 0 Å². The Morgan fingerprint density at radius 2 is 2.11 bits per heavy atom. The van der Waals surface area contributed by atoms with Crippen LogP contribution in [0.25, 0.3) is 5.69 Å². The van der Waals surface area contributed by atoms with Crippen LogP contribution in [0.5, 0.6) is 0 Å². The Bertz CT molecular complexity index is 745. The van der Waals surface area contributed by atoms with E-state index in [1.54, 1.807) is 0 Å². The van der Waals surface area contributed by atoms with Gasteiger partial charge in [-0.1, -0.05) is 6.07 Å². The molecule has 4 rings (SSSR count). The molecule has 5 heteroatoms. The molecule has 1 aromatic heterocycles. The molecule has 3 heterocycles. The molecule has 0 bridgehead atoms. The van der Waals surface area contributed by atoms with Crippen molar-refractivity contribution in [3.63, 3.8) is 0 Å². The van der Waals surface area contributed by atoms with Crippen LogP contribution in [0.3, 0.4) is 0 Å². The molecule has 2 aliphatic heterocycles. The van der Waals surface area contributed by atoms with Crippen LogP contribution in [0.4, 0.5) is 0 Å². The second kappa shape index (κ2) is 8.76. The van der Waals surface area contributed by atoms with Gasteiger partial charge in [-0.15, -0.1) is 0 Å². The second-order valence-electron chi connectivity index (χ2n) is 8.69. The molecule has 2 saturated heterocycles. The number of likely N-dealkylation sites (tertiary alicyclic amines) is 1. The van der Waals surface area contributed by atoms with Crippen molar-refractivity contribution >= 4 is 0 Å². The largest absolute Gasteiger partial charge is 0.396 e. The highest BCUT2D eigenvalue weighted by Crippen LogP contribution is 2.38. The van der Waals surface area contributed by atoms with Crippen LogP contribution < -0.4 is 0 Å². The molecule has 0 aliphatic carbocycles. The molecule has 152 valence electrons. The number of hydrogen-bond acceptors (Lipinski definition) is 4. The standard InChI is InChI=1S/C23H33N3O2/c1-19-15-21(26-11-4-10-24-26)7-6-20(19)17-25-12-8-23(18-27,9-13-25)16-22-5-2-3-14-28-22/h4,6-7,10-11,15,22,27H,2-3,5,8-9,12-14,16-18H2,1H3/t22-/m0/s1. The van der Waals surface area contributed by atoms with E-state index in [9.17, 15) is 5.11 Å². The number of aliphatic hydroxyl groups excluding tert-OH is 1. The SMILES string of the molecule is Cc1cc(-n2cccn2)ccc1CN1CCC(CO)(C[C@@H]2CCCCO2)CC1. The molecule has 0 amide bonds. The van der Waals surface area contributed by atoms with Gasteiger partial charge in [0, 0.05) is 32.2 Å². The minimum Gasteiger partial charge on any atom is -0.396 e. The highest BCUT2D eigenvalue weighted by molar-refractivity contribution is 5.39. The fourth-order valence-electron chi connectivity index (χ4n) is 4.73. The van der Waals surface area contributed by atoms with Crippen molar-refractivity contribution in [1.82, 2.24) is 14.7 Å². The summed E-state index contributed by atoms with van der Waals surface area (Å²) in [6, 6.07) is 8.54. The van der Waals surface area contributed by atoms with Gasteiger partial charge in [-0.2, -0.15) is 5.10 Å². The molecule has 1 N–H and O–H groups in total. The van der Waals surface area contributed by atoms with Gasteiger partial charge < -0.3 is 9.84 Å². The number of hydrogen-bond donors (Lipinski definition) is 1. The molecular weight excluding hydrogens is 350 g/mol. The minimum absolute atomic E-state index is 0.0531. The molecule has 0 saturated carbocycles. The van der Waals surface area contributed by atoms with Gasteiger partial charge in [-0.3, -0.25) is 4.90 Å². The van der Waals surface area contributed by atoms with Crippen molar-refractivity contribution in [3.8, 4) is 5.69 Å². The van der Waals surface area contributed by atoms with Crippen LogP contribution in [0.2, 0.25) is 0 Å². The van der Waals surface area contributed by atoms with E-state index in [1.165, 1.54) is 24.0 Å². The highest BCUT2D eigenvalue weighted by atomic mass is 16.5. The van der Waals surface area contributed by atoms with Gasteiger partial charge in [-0.25, -0.2) is 4.68 Å². The molecule has 1 atom stereocenters. The summed E-state index contributed by atoms with van der Waals surface area (Å²) in [5.41, 5.74) is 3.85. The predicted octanol–water partition coefficient (Wildman–Crippen LogP) is 3.71. The van der Waals surface area contributed by atoms with Crippen LogP contribution >= 0.6 is 0 Å². The van der Waals surface area contributed by atoms with Gasteiger partial charge in [0.05, 0.1) is 11.8 Å². The Hall–Kier alpha value is -1.69. The number of aryl methyl sites for hydroxylation is 1. The van der Waals surface area contributed by atoms with E-state index >= 15 is 0 Å². The van der Waals surface area contributed by atoms with E-state index in [4.69, 9.17) is 4.74 Å². The summed E-state index contributed by atoms with van der Waals surface area (Å²) >= 11 is 0. The Labute approximate surface area is 168 Å². The zero-order valence-electron chi connectivity index (χ0n) is 17.0. The highest BCUT2D eigenvalue weighted by Gasteiger charge is 2.37. The minimum atomic E-state index is 0.0531. The molecular formula is C23H33N3O2. The lowest BCUT2D eigenvalue weighted by Gasteiger charge is -2.43. The van der Waals surface area contributed by atoms with E-state index in [0.29, 0.717) is 6.10 Å². The summed E-state index contributed by atoms with van der Waals surface area (Å²) < 4.78 is 7.86. The summed E-state index contributed by atoms with van der Waals surface area (Å²) in [7, 11) is 0. The zero-order valence-corrected chi connectivity index (χ0v) is 17.0. The van der Waals surface area contributed by atoms with Crippen molar-refractivity contribution in [2.24, 2.45) is 5.41 Å². The van der Waals surface area contributed by atoms with E-state index < -0.39 is 0 Å². The lowest BCUT2D eigenvalue weighted by atomic mass is 9.74. The third-order valence-electron chi connectivity index (χ3n) is 6.68. The van der Waals surface area contributed by atoms with Crippen molar-refractivity contribution < 1.29 is 9.84 Å². The third-order valence-corrected chi connectivity index (χ3v) is 6.68. The van der Waals surface area contributed by atoms with Crippen LogP contribution in [0, 0.1) is 12.3 Å². The first kappa shape index (κ1) is 19.6. The third kappa shape index (κ3) is 4.48. The van der Waals surface area contributed by atoms with Crippen LogP contribution in [-0.4, -0.2) is 52.2 Å². The van der Waals surface area contributed by atoms with Crippen LogP contribution in [0.15, 0.2) is 36.7 Å². The smallest absolute Gasteiger partial charge is 0.0648 e. The zero-order chi connectivity index (χ0) is 19.4. The maximum Gasteiger partial charge on any atom is 0.0648 e. The molecule has 0 spiro atoms. The monoisotopic (exact) mass is 383 g/mol. The Morgan fingerprint density at radius 3 is 2.75 bits per heavy atom. The van der Waals surface area contributed by atoms with Crippen molar-refractivity contribution in [3.05, 3.63) is 47.8 Å². The fraction of sp³-hybridized carbons (Fsp3) is 0.609. The van der Waals surface area contributed by atoms with Gasteiger partial charge in [0.25, 0.3) is 0 Å². The number of nitrogens with zero attached hydrogens (tertiary/aromatic N) is 3. The summed E-state index contributed by atoms with van der Waals surface area (Å²) in [6.45, 7) is 6.45. The molecule has 28 heavy (non-hydrogen) atoms. The number of aromatic nitrogens is 2. The topological polar surface area (TPSA) is 50.5 Å². The second-order valence-corrected chi connectivity index (χ2v) is 8.69. The number of benzene rings is 1. The Kier molecular flexibility index (Phi) is 6.14. The Balaban J connectivity index is 1.34. The lowest BCUT2D eigenvalue weighted by Crippen LogP contribution is -2.44. The average Bonchev–Trinajstić information content (AvgIpc) is 3.27. The molecule has 2 aliphatic rings. The molecule has 0 unspecified atom stereocenters. The molecule has 2 aromatic rings. The van der Waals surface area contributed by atoms with Gasteiger partial charge >= 0.3 is 0 Å². The summed E-state index contributed by atoms with van der Waals surface area (Å²) in [4.78, 5) is 2.53. The first-order valence-corrected chi connectivity index (χ1v) is 10.7. The number of rotatable bonds is 6. The number of ether oxygens (including phenoxy) is 1. The molecule has 0 radical (unpaired) electrons. The number of aliphatic hydroxyl groups is 1. The fourth-order valence-corrected chi connectivity index (χ4v) is 4.73. The van der Waals surface area contributed by atoms with Crippen molar-refractivity contribution in [1.29, 1.82) is 0 Å². The van der Waals surface area contributed by atoms with E-state index in [2.05, 4.69) is 35.1 Å². The van der Waals surface area contributed by atoms with Crippen molar-refractivity contribution in [2.45, 2.75) is 58.1 Å². The first-order valence-electron chi connectivity index (χ1n) is 10.7. The Morgan fingerprint density at radius 1 is 1.25 bits per heavy atom. The summed E-state index contributed by atoms with van der Waals surface area (Å²) in [5, 5.41) is 14.4. The molecule has 1 aromatic carbocycles. The maximum atomic E-state index is 10.1. The molecule has 5 nitrogen and oxygen atoms in total. The first-order chi connectivity index (χ1) is 13.7. The van der Waals surface area contributed by atoms with Gasteiger partial charge in [0.2, 0.25) is 0 Å². The van der Waals surface area contributed by atoms with Gasteiger partial charge in [0.15, 0.2) is 0 Å². The molecule has 2 fully saturated rings. The van der Waals surface area contributed by atoms with Gasteiger partial charge in [-0.05, 0) is 93.3 Å². The average molecular weight is 384 g/mol. The maximum absolute atomic E-state index is 10.1. The normalized spacial score (nSPS) is 23.0. The lowest BCUT2D eigenvalue weighted by molar-refractivity contribution is -0.0486. The quantitative estimate of drug-likeness (QED) is 0.826. The number of piperidine rings is 1. The van der Waals surface area contributed by atoms with Crippen LogP contribution in [0.1, 0.15) is 49.7 Å². The van der Waals surface area contributed by atoms with Crippen molar-refractivity contribution in [2.75, 3.05) is 26.3 Å². The van der Waals surface area contributed by atoms with E-state index in [-0.39, 0.29) is 12.0 Å². The summed E-state index contributed by atoms with van der Waals surface area (Å²) in [5.74, 6) is 0. The predicted molar refractivity (Wildman–Crippen MR) is 111 cm³/mol. The van der Waals surface area contributed by atoms with E-state index in [0.717, 1.165) is 57.6 Å². The van der Waals surface area contributed by atoms with Crippen LogP contribution in [-0.2, 0) is 11.3 Å². The van der Waals surface area contributed by atoms with E-state index in [1.807, 2.05) is 23.1 Å². The summed E-state index contributed by atoms with van der Waals surface area (Å²) in [6.07, 6.45) is 10.9.